The summed E-state index contributed by atoms with van der Waals surface area (Å²) in [6.07, 6.45) is 0.773. The lowest BCUT2D eigenvalue weighted by Crippen LogP contribution is -2.41. The van der Waals surface area contributed by atoms with Crippen molar-refractivity contribution in [2.24, 2.45) is 5.92 Å². The van der Waals surface area contributed by atoms with Gasteiger partial charge in [0.2, 0.25) is 10.0 Å². The Morgan fingerprint density at radius 1 is 1.21 bits per heavy atom. The first kappa shape index (κ1) is 18.4. The van der Waals surface area contributed by atoms with E-state index in [4.69, 9.17) is 4.74 Å². The summed E-state index contributed by atoms with van der Waals surface area (Å²) in [5, 5.41) is 2.37. The summed E-state index contributed by atoms with van der Waals surface area (Å²) in [5.41, 5.74) is 0.992. The van der Waals surface area contributed by atoms with Gasteiger partial charge >= 0.3 is 5.97 Å². The van der Waals surface area contributed by atoms with Crippen molar-refractivity contribution in [3.8, 4) is 0 Å². The summed E-state index contributed by atoms with van der Waals surface area (Å²) in [7, 11) is -2.08. The molecule has 1 aliphatic heterocycles. The van der Waals surface area contributed by atoms with Crippen molar-refractivity contribution in [1.29, 1.82) is 0 Å². The SMILES string of the molecule is CNC(=O)COC(=O)C1CCN(S(=O)(=O)c2ccc(C)cc2)CC1. The summed E-state index contributed by atoms with van der Waals surface area (Å²) in [4.78, 5) is 23.3. The monoisotopic (exact) mass is 354 g/mol. The summed E-state index contributed by atoms with van der Waals surface area (Å²) >= 11 is 0. The number of amides is 1. The molecule has 0 bridgehead atoms. The van der Waals surface area contributed by atoms with Crippen molar-refractivity contribution < 1.29 is 22.7 Å². The highest BCUT2D eigenvalue weighted by Gasteiger charge is 2.32. The maximum absolute atomic E-state index is 12.6. The molecule has 2 rings (SSSR count). The Labute approximate surface area is 142 Å². The lowest BCUT2D eigenvalue weighted by molar-refractivity contribution is -0.153. The van der Waals surface area contributed by atoms with Gasteiger partial charge in [-0.05, 0) is 31.9 Å². The van der Waals surface area contributed by atoms with E-state index in [0.29, 0.717) is 12.8 Å². The molecule has 1 N–H and O–H groups in total. The van der Waals surface area contributed by atoms with E-state index in [9.17, 15) is 18.0 Å². The number of nitrogens with zero attached hydrogens (tertiary/aromatic N) is 1. The van der Waals surface area contributed by atoms with Crippen molar-refractivity contribution >= 4 is 21.9 Å². The number of piperidine rings is 1. The van der Waals surface area contributed by atoms with E-state index in [-0.39, 0.29) is 36.4 Å². The Bertz CT molecular complexity index is 692. The second-order valence-corrected chi connectivity index (χ2v) is 7.71. The van der Waals surface area contributed by atoms with Crippen LogP contribution in [0.5, 0.6) is 0 Å². The Kier molecular flexibility index (Phi) is 5.95. The average molecular weight is 354 g/mol. The quantitative estimate of drug-likeness (QED) is 0.785. The number of hydrogen-bond donors (Lipinski definition) is 1. The molecule has 1 aromatic carbocycles. The third kappa shape index (κ3) is 4.33. The molecule has 7 nitrogen and oxygen atoms in total. The Hall–Kier alpha value is -1.93. The molecule has 1 heterocycles. The molecule has 24 heavy (non-hydrogen) atoms. The van der Waals surface area contributed by atoms with Gasteiger partial charge < -0.3 is 10.1 Å². The van der Waals surface area contributed by atoms with Gasteiger partial charge in [-0.2, -0.15) is 4.31 Å². The molecule has 8 heteroatoms. The van der Waals surface area contributed by atoms with E-state index in [1.54, 1.807) is 24.3 Å². The molecule has 0 unspecified atom stereocenters. The zero-order valence-corrected chi connectivity index (χ0v) is 14.6. The summed E-state index contributed by atoms with van der Waals surface area (Å²) < 4.78 is 31.5. The number of sulfonamides is 1. The molecule has 0 aromatic heterocycles. The van der Waals surface area contributed by atoms with Crippen LogP contribution in [0.15, 0.2) is 29.2 Å². The Balaban J connectivity index is 1.93. The third-order valence-corrected chi connectivity index (χ3v) is 5.98. The molecule has 0 aliphatic carbocycles. The minimum Gasteiger partial charge on any atom is -0.455 e. The van der Waals surface area contributed by atoms with Crippen molar-refractivity contribution in [2.45, 2.75) is 24.7 Å². The summed E-state index contributed by atoms with van der Waals surface area (Å²) in [5.74, 6) is -1.20. The number of likely N-dealkylation sites (N-methyl/N-ethyl adjacent to an activating group) is 1. The van der Waals surface area contributed by atoms with Crippen LogP contribution in [0.25, 0.3) is 0 Å². The molecular formula is C16H22N2O5S. The highest BCUT2D eigenvalue weighted by Crippen LogP contribution is 2.24. The third-order valence-electron chi connectivity index (χ3n) is 4.07. The van der Waals surface area contributed by atoms with E-state index in [1.165, 1.54) is 11.4 Å². The number of hydrogen-bond acceptors (Lipinski definition) is 5. The van der Waals surface area contributed by atoms with Crippen molar-refractivity contribution in [3.63, 3.8) is 0 Å². The van der Waals surface area contributed by atoms with Crippen LogP contribution < -0.4 is 5.32 Å². The fraction of sp³-hybridized carbons (Fsp3) is 0.500. The van der Waals surface area contributed by atoms with Gasteiger partial charge in [-0.1, -0.05) is 17.7 Å². The number of esters is 1. The van der Waals surface area contributed by atoms with E-state index in [0.717, 1.165) is 5.56 Å². The molecular weight excluding hydrogens is 332 g/mol. The lowest BCUT2D eigenvalue weighted by Gasteiger charge is -2.30. The van der Waals surface area contributed by atoms with Crippen LogP contribution in [-0.4, -0.2) is 51.3 Å². The van der Waals surface area contributed by atoms with E-state index < -0.39 is 16.0 Å². The maximum Gasteiger partial charge on any atom is 0.309 e. The first-order valence-corrected chi connectivity index (χ1v) is 9.22. The van der Waals surface area contributed by atoms with Crippen molar-refractivity contribution in [1.82, 2.24) is 9.62 Å². The molecule has 1 aliphatic rings. The van der Waals surface area contributed by atoms with Gasteiger partial charge in [-0.15, -0.1) is 0 Å². The number of nitrogens with one attached hydrogen (secondary N) is 1. The topological polar surface area (TPSA) is 92.8 Å². The summed E-state index contributed by atoms with van der Waals surface area (Å²) in [6.45, 7) is 2.11. The van der Waals surface area contributed by atoms with Crippen LogP contribution >= 0.6 is 0 Å². The number of carbonyl (C=O) groups is 2. The van der Waals surface area contributed by atoms with Gasteiger partial charge in [-0.3, -0.25) is 9.59 Å². The first-order chi connectivity index (χ1) is 11.3. The highest BCUT2D eigenvalue weighted by molar-refractivity contribution is 7.89. The molecule has 0 atom stereocenters. The molecule has 0 radical (unpaired) electrons. The van der Waals surface area contributed by atoms with Crippen LogP contribution in [0.3, 0.4) is 0 Å². The predicted molar refractivity (Wildman–Crippen MR) is 87.7 cm³/mol. The minimum absolute atomic E-state index is 0.258. The fourth-order valence-electron chi connectivity index (χ4n) is 2.52. The zero-order chi connectivity index (χ0) is 17.7. The van der Waals surface area contributed by atoms with Crippen LogP contribution in [0.1, 0.15) is 18.4 Å². The van der Waals surface area contributed by atoms with Gasteiger partial charge in [-0.25, -0.2) is 8.42 Å². The van der Waals surface area contributed by atoms with Crippen LogP contribution in [0, 0.1) is 12.8 Å². The van der Waals surface area contributed by atoms with Crippen LogP contribution in [0.4, 0.5) is 0 Å². The lowest BCUT2D eigenvalue weighted by atomic mass is 9.98. The number of benzene rings is 1. The summed E-state index contributed by atoms with van der Waals surface area (Å²) in [6, 6.07) is 6.70. The number of ether oxygens (including phenoxy) is 1. The molecule has 132 valence electrons. The molecule has 1 fully saturated rings. The Morgan fingerprint density at radius 3 is 2.33 bits per heavy atom. The van der Waals surface area contributed by atoms with Gasteiger partial charge in [0, 0.05) is 20.1 Å². The highest BCUT2D eigenvalue weighted by atomic mass is 32.2. The number of aryl methyl sites for hydroxylation is 1. The van der Waals surface area contributed by atoms with Crippen LogP contribution in [0.2, 0.25) is 0 Å². The van der Waals surface area contributed by atoms with E-state index >= 15 is 0 Å². The predicted octanol–water partition coefficient (Wildman–Crippen LogP) is 0.685. The smallest absolute Gasteiger partial charge is 0.309 e. The van der Waals surface area contributed by atoms with E-state index in [1.807, 2.05) is 6.92 Å². The van der Waals surface area contributed by atoms with E-state index in [2.05, 4.69) is 5.32 Å². The van der Waals surface area contributed by atoms with Gasteiger partial charge in [0.1, 0.15) is 0 Å². The Morgan fingerprint density at radius 2 is 1.79 bits per heavy atom. The molecule has 1 amide bonds. The molecule has 1 saturated heterocycles. The van der Waals surface area contributed by atoms with Crippen LogP contribution in [-0.2, 0) is 24.3 Å². The van der Waals surface area contributed by atoms with Gasteiger partial charge in [0.25, 0.3) is 5.91 Å². The fourth-order valence-corrected chi connectivity index (χ4v) is 3.99. The number of carbonyl (C=O) groups excluding carboxylic acids is 2. The van der Waals surface area contributed by atoms with Gasteiger partial charge in [0.05, 0.1) is 10.8 Å². The average Bonchev–Trinajstić information content (AvgIpc) is 2.59. The minimum atomic E-state index is -3.54. The molecule has 1 aromatic rings. The standard InChI is InChI=1S/C16H22N2O5S/c1-12-3-5-14(6-4-12)24(21,22)18-9-7-13(8-10-18)16(20)23-11-15(19)17-2/h3-6,13H,7-11H2,1-2H3,(H,17,19). The normalized spacial score (nSPS) is 16.6. The zero-order valence-electron chi connectivity index (χ0n) is 13.8. The van der Waals surface area contributed by atoms with Crippen molar-refractivity contribution in [2.75, 3.05) is 26.7 Å². The maximum atomic E-state index is 12.6. The first-order valence-electron chi connectivity index (χ1n) is 7.78. The molecule has 0 saturated carbocycles. The molecule has 0 spiro atoms. The largest absolute Gasteiger partial charge is 0.455 e. The van der Waals surface area contributed by atoms with Crippen molar-refractivity contribution in [3.05, 3.63) is 29.8 Å². The number of rotatable bonds is 5. The van der Waals surface area contributed by atoms with Gasteiger partial charge in [0.15, 0.2) is 6.61 Å². The second-order valence-electron chi connectivity index (χ2n) is 5.77. The second kappa shape index (κ2) is 7.76.